The molecule has 5 nitrogen and oxygen atoms in total. The Balaban J connectivity index is 1.85. The van der Waals surface area contributed by atoms with Crippen molar-refractivity contribution in [3.05, 3.63) is 71.3 Å². The molecule has 3 rings (SSSR count). The van der Waals surface area contributed by atoms with Gasteiger partial charge in [-0.05, 0) is 42.4 Å². The molecule has 0 aliphatic carbocycles. The molecular weight excluding hydrogens is 330 g/mol. The van der Waals surface area contributed by atoms with Gasteiger partial charge < -0.3 is 14.2 Å². The molecule has 0 saturated heterocycles. The highest BCUT2D eigenvalue weighted by atomic mass is 16.5. The van der Waals surface area contributed by atoms with Gasteiger partial charge in [-0.25, -0.2) is 4.79 Å². The first-order valence-electron chi connectivity index (χ1n) is 8.46. The van der Waals surface area contributed by atoms with Crippen molar-refractivity contribution in [2.45, 2.75) is 6.04 Å². The van der Waals surface area contributed by atoms with Gasteiger partial charge in [0.1, 0.15) is 18.1 Å². The fraction of sp³-hybridized carbons (Fsp3) is 0.286. The highest BCUT2D eigenvalue weighted by Gasteiger charge is 2.36. The third kappa shape index (κ3) is 3.73. The number of nitrogens with zero attached hydrogens (tertiary/aromatic N) is 1. The number of rotatable bonds is 6. The van der Waals surface area contributed by atoms with Crippen LogP contribution >= 0.6 is 0 Å². The van der Waals surface area contributed by atoms with Crippen LogP contribution in [0, 0.1) is 0 Å². The summed E-state index contributed by atoms with van der Waals surface area (Å²) in [6.45, 7) is 0.991. The van der Waals surface area contributed by atoms with Crippen molar-refractivity contribution >= 4 is 5.97 Å². The number of esters is 1. The Labute approximate surface area is 153 Å². The van der Waals surface area contributed by atoms with Gasteiger partial charge in [0.15, 0.2) is 0 Å². The van der Waals surface area contributed by atoms with Crippen LogP contribution in [-0.2, 0) is 9.53 Å². The molecule has 1 heterocycles. The molecule has 0 amide bonds. The summed E-state index contributed by atoms with van der Waals surface area (Å²) in [4.78, 5) is 14.6. The molecule has 0 radical (unpaired) electrons. The average Bonchev–Trinajstić information content (AvgIpc) is 3.03. The quantitative estimate of drug-likeness (QED) is 0.746. The van der Waals surface area contributed by atoms with Crippen molar-refractivity contribution < 1.29 is 19.0 Å². The van der Waals surface area contributed by atoms with E-state index >= 15 is 0 Å². The average molecular weight is 353 g/mol. The SMILES string of the molecule is COC(=O)C1=C(COc2ccc(OC)cc2)CN(C)[C@H]1c1ccccc1. The van der Waals surface area contributed by atoms with Crippen molar-refractivity contribution in [1.82, 2.24) is 4.90 Å². The summed E-state index contributed by atoms with van der Waals surface area (Å²) >= 11 is 0. The van der Waals surface area contributed by atoms with Crippen LogP contribution in [-0.4, -0.2) is 45.3 Å². The van der Waals surface area contributed by atoms with Crippen LogP contribution in [0.4, 0.5) is 0 Å². The Bertz CT molecular complexity index is 783. The van der Waals surface area contributed by atoms with E-state index in [1.54, 1.807) is 7.11 Å². The number of benzene rings is 2. The lowest BCUT2D eigenvalue weighted by atomic mass is 9.98. The number of ether oxygens (including phenoxy) is 3. The van der Waals surface area contributed by atoms with E-state index in [0.29, 0.717) is 18.7 Å². The Morgan fingerprint density at radius 3 is 2.31 bits per heavy atom. The Kier molecular flexibility index (Phi) is 5.58. The monoisotopic (exact) mass is 353 g/mol. The third-order valence-corrected chi connectivity index (χ3v) is 4.53. The van der Waals surface area contributed by atoms with Crippen LogP contribution < -0.4 is 9.47 Å². The fourth-order valence-electron chi connectivity index (χ4n) is 3.28. The highest BCUT2D eigenvalue weighted by Crippen LogP contribution is 2.36. The van der Waals surface area contributed by atoms with Crippen LogP contribution in [0.3, 0.4) is 0 Å². The fourth-order valence-corrected chi connectivity index (χ4v) is 3.28. The van der Waals surface area contributed by atoms with Gasteiger partial charge in [0.25, 0.3) is 0 Å². The Hall–Kier alpha value is -2.79. The lowest BCUT2D eigenvalue weighted by Crippen LogP contribution is -2.23. The zero-order valence-electron chi connectivity index (χ0n) is 15.3. The van der Waals surface area contributed by atoms with Crippen LogP contribution in [0.15, 0.2) is 65.7 Å². The normalized spacial score (nSPS) is 17.3. The molecule has 0 spiro atoms. The summed E-state index contributed by atoms with van der Waals surface area (Å²) < 4.78 is 16.1. The molecule has 0 unspecified atom stereocenters. The molecule has 1 aliphatic rings. The maximum absolute atomic E-state index is 12.5. The molecule has 0 bridgehead atoms. The summed E-state index contributed by atoms with van der Waals surface area (Å²) in [7, 11) is 5.04. The van der Waals surface area contributed by atoms with E-state index in [1.165, 1.54) is 7.11 Å². The number of hydrogen-bond acceptors (Lipinski definition) is 5. The van der Waals surface area contributed by atoms with E-state index in [-0.39, 0.29) is 12.0 Å². The van der Waals surface area contributed by atoms with E-state index in [9.17, 15) is 4.79 Å². The second-order valence-electron chi connectivity index (χ2n) is 6.20. The van der Waals surface area contributed by atoms with Crippen molar-refractivity contribution in [1.29, 1.82) is 0 Å². The first-order valence-corrected chi connectivity index (χ1v) is 8.46. The predicted octanol–water partition coefficient (Wildman–Crippen LogP) is 3.23. The van der Waals surface area contributed by atoms with E-state index in [1.807, 2.05) is 61.6 Å². The molecule has 0 aromatic heterocycles. The Morgan fingerprint density at radius 2 is 1.69 bits per heavy atom. The number of carbonyl (C=O) groups is 1. The first kappa shape index (κ1) is 18.0. The molecule has 26 heavy (non-hydrogen) atoms. The topological polar surface area (TPSA) is 48.0 Å². The number of methoxy groups -OCH3 is 2. The molecular formula is C21H23NO4. The molecule has 2 aromatic rings. The molecule has 0 saturated carbocycles. The van der Waals surface area contributed by atoms with Crippen LogP contribution in [0.2, 0.25) is 0 Å². The Morgan fingerprint density at radius 1 is 1.04 bits per heavy atom. The first-order chi connectivity index (χ1) is 12.6. The van der Waals surface area contributed by atoms with Crippen LogP contribution in [0.25, 0.3) is 0 Å². The molecule has 1 atom stereocenters. The smallest absolute Gasteiger partial charge is 0.335 e. The van der Waals surface area contributed by atoms with Crippen LogP contribution in [0.1, 0.15) is 11.6 Å². The second-order valence-corrected chi connectivity index (χ2v) is 6.20. The summed E-state index contributed by atoms with van der Waals surface area (Å²) in [6.07, 6.45) is 0. The number of carbonyl (C=O) groups excluding carboxylic acids is 1. The summed E-state index contributed by atoms with van der Waals surface area (Å²) in [5, 5.41) is 0. The molecule has 1 aliphatic heterocycles. The van der Waals surface area contributed by atoms with E-state index < -0.39 is 0 Å². The maximum Gasteiger partial charge on any atom is 0.335 e. The zero-order chi connectivity index (χ0) is 18.5. The molecule has 5 heteroatoms. The highest BCUT2D eigenvalue weighted by molar-refractivity contribution is 5.92. The predicted molar refractivity (Wildman–Crippen MR) is 99.3 cm³/mol. The summed E-state index contributed by atoms with van der Waals surface area (Å²) in [6, 6.07) is 17.2. The van der Waals surface area contributed by atoms with Gasteiger partial charge >= 0.3 is 5.97 Å². The number of hydrogen-bond donors (Lipinski definition) is 0. The van der Waals surface area contributed by atoms with Gasteiger partial charge in [-0.15, -0.1) is 0 Å². The summed E-state index contributed by atoms with van der Waals surface area (Å²) in [5.41, 5.74) is 2.66. The molecule has 2 aromatic carbocycles. The van der Waals surface area contributed by atoms with E-state index in [0.717, 1.165) is 22.6 Å². The minimum atomic E-state index is -0.309. The van der Waals surface area contributed by atoms with Gasteiger partial charge in [0.2, 0.25) is 0 Å². The summed E-state index contributed by atoms with van der Waals surface area (Å²) in [5.74, 6) is 1.20. The lowest BCUT2D eigenvalue weighted by Gasteiger charge is -2.22. The third-order valence-electron chi connectivity index (χ3n) is 4.53. The standard InChI is InChI=1S/C21H23NO4/c1-22-13-16(14-26-18-11-9-17(24-2)10-12-18)19(21(23)25-3)20(22)15-7-5-4-6-8-15/h4-12,20H,13-14H2,1-3H3/t20-/m0/s1. The second kappa shape index (κ2) is 8.06. The molecule has 0 fully saturated rings. The van der Waals surface area contributed by atoms with E-state index in [4.69, 9.17) is 14.2 Å². The van der Waals surface area contributed by atoms with Gasteiger partial charge in [0, 0.05) is 6.54 Å². The van der Waals surface area contributed by atoms with Gasteiger partial charge in [-0.2, -0.15) is 0 Å². The van der Waals surface area contributed by atoms with E-state index in [2.05, 4.69) is 4.90 Å². The molecule has 0 N–H and O–H groups in total. The molecule has 136 valence electrons. The van der Waals surface area contributed by atoms with Crippen molar-refractivity contribution in [2.75, 3.05) is 34.4 Å². The zero-order valence-corrected chi connectivity index (χ0v) is 15.3. The van der Waals surface area contributed by atoms with Crippen molar-refractivity contribution in [3.8, 4) is 11.5 Å². The van der Waals surface area contributed by atoms with Gasteiger partial charge in [0.05, 0.1) is 25.8 Å². The van der Waals surface area contributed by atoms with Crippen molar-refractivity contribution in [3.63, 3.8) is 0 Å². The van der Waals surface area contributed by atoms with Gasteiger partial charge in [-0.3, -0.25) is 4.90 Å². The number of likely N-dealkylation sites (N-methyl/N-ethyl adjacent to an activating group) is 1. The maximum atomic E-state index is 12.5. The largest absolute Gasteiger partial charge is 0.497 e. The minimum absolute atomic E-state index is 0.127. The van der Waals surface area contributed by atoms with Crippen molar-refractivity contribution in [2.24, 2.45) is 0 Å². The lowest BCUT2D eigenvalue weighted by molar-refractivity contribution is -0.136. The minimum Gasteiger partial charge on any atom is -0.497 e. The van der Waals surface area contributed by atoms with Gasteiger partial charge in [-0.1, -0.05) is 30.3 Å². The van der Waals surface area contributed by atoms with Crippen LogP contribution in [0.5, 0.6) is 11.5 Å².